The highest BCUT2D eigenvalue weighted by atomic mass is 15.3. The largest absolute Gasteiger partial charge is 0.311 e. The topological polar surface area (TPSA) is 33.1 Å². The van der Waals surface area contributed by atoms with Crippen LogP contribution >= 0.6 is 0 Å². The van der Waals surface area contributed by atoms with Crippen LogP contribution in [-0.4, -0.2) is 40.4 Å². The minimum absolute atomic E-state index is 0.196. The van der Waals surface area contributed by atoms with E-state index < -0.39 is 0 Å². The fourth-order valence-corrected chi connectivity index (χ4v) is 2.07. The maximum Gasteiger partial charge on any atom is 0.0625 e. The van der Waals surface area contributed by atoms with E-state index in [0.29, 0.717) is 0 Å². The predicted molar refractivity (Wildman–Crippen MR) is 81.4 cm³/mol. The van der Waals surface area contributed by atoms with Crippen LogP contribution in [0, 0.1) is 0 Å². The molecule has 0 aliphatic rings. The van der Waals surface area contributed by atoms with Crippen molar-refractivity contribution in [2.45, 2.75) is 59.7 Å². The Morgan fingerprint density at radius 3 is 2.53 bits per heavy atom. The van der Waals surface area contributed by atoms with Crippen LogP contribution in [0.5, 0.6) is 0 Å². The van der Waals surface area contributed by atoms with Gasteiger partial charge in [-0.15, -0.1) is 0 Å². The summed E-state index contributed by atoms with van der Waals surface area (Å²) in [5.41, 5.74) is 2.71. The van der Waals surface area contributed by atoms with Crippen molar-refractivity contribution < 1.29 is 0 Å². The molecule has 0 saturated carbocycles. The van der Waals surface area contributed by atoms with E-state index in [9.17, 15) is 0 Å². The van der Waals surface area contributed by atoms with Gasteiger partial charge in [-0.1, -0.05) is 6.92 Å². The van der Waals surface area contributed by atoms with E-state index in [2.05, 4.69) is 67.7 Å². The van der Waals surface area contributed by atoms with Crippen LogP contribution in [0.3, 0.4) is 0 Å². The molecule has 1 aromatic heterocycles. The molecule has 0 fully saturated rings. The van der Waals surface area contributed by atoms with E-state index in [4.69, 9.17) is 0 Å². The van der Waals surface area contributed by atoms with Gasteiger partial charge in [-0.3, -0.25) is 9.58 Å². The number of nitrogens with one attached hydrogen (secondary N) is 1. The lowest BCUT2D eigenvalue weighted by Gasteiger charge is -2.23. The van der Waals surface area contributed by atoms with Gasteiger partial charge >= 0.3 is 0 Å². The summed E-state index contributed by atoms with van der Waals surface area (Å²) < 4.78 is 2.12. The molecule has 1 rings (SSSR count). The lowest BCUT2D eigenvalue weighted by atomic mass is 10.1. The van der Waals surface area contributed by atoms with Crippen molar-refractivity contribution >= 4 is 0 Å². The Labute approximate surface area is 118 Å². The van der Waals surface area contributed by atoms with Gasteiger partial charge in [0, 0.05) is 31.7 Å². The smallest absolute Gasteiger partial charge is 0.0625 e. The predicted octanol–water partition coefficient (Wildman–Crippen LogP) is 2.29. The van der Waals surface area contributed by atoms with E-state index in [1.54, 1.807) is 0 Å². The quantitative estimate of drug-likeness (QED) is 0.822. The van der Waals surface area contributed by atoms with E-state index in [-0.39, 0.29) is 5.54 Å². The van der Waals surface area contributed by atoms with Crippen LogP contribution in [-0.2, 0) is 19.5 Å². The van der Waals surface area contributed by atoms with Gasteiger partial charge in [-0.05, 0) is 47.2 Å². The lowest BCUT2D eigenvalue weighted by molar-refractivity contribution is 0.295. The Kier molecular flexibility index (Phi) is 6.01. The molecule has 0 saturated heterocycles. The normalized spacial score (nSPS) is 12.4. The van der Waals surface area contributed by atoms with E-state index >= 15 is 0 Å². The zero-order chi connectivity index (χ0) is 14.5. The monoisotopic (exact) mass is 266 g/mol. The Morgan fingerprint density at radius 1 is 1.32 bits per heavy atom. The summed E-state index contributed by atoms with van der Waals surface area (Å²) in [5, 5.41) is 8.11. The number of aryl methyl sites for hydroxylation is 2. The Morgan fingerprint density at radius 2 is 2.00 bits per heavy atom. The van der Waals surface area contributed by atoms with Crippen LogP contribution < -0.4 is 5.32 Å². The first kappa shape index (κ1) is 16.2. The molecule has 0 spiro atoms. The van der Waals surface area contributed by atoms with Crippen LogP contribution in [0.4, 0.5) is 0 Å². The van der Waals surface area contributed by atoms with Crippen molar-refractivity contribution in [3.05, 3.63) is 17.5 Å². The Balaban J connectivity index is 2.47. The molecule has 0 amide bonds. The highest BCUT2D eigenvalue weighted by Crippen LogP contribution is 2.08. The van der Waals surface area contributed by atoms with Gasteiger partial charge < -0.3 is 5.32 Å². The average Bonchev–Trinajstić information content (AvgIpc) is 2.69. The molecule has 0 bridgehead atoms. The van der Waals surface area contributed by atoms with Crippen molar-refractivity contribution in [1.29, 1.82) is 0 Å². The third kappa shape index (κ3) is 5.74. The molecule has 0 aromatic carbocycles. The molecule has 0 atom stereocenters. The molecule has 1 N–H and O–H groups in total. The molecule has 110 valence electrons. The number of aromatic nitrogens is 2. The SMILES string of the molecule is CCc1cc(CN(C)CCNC(C)(C)C)n(CC)n1. The molecular weight excluding hydrogens is 236 g/mol. The second-order valence-corrected chi connectivity index (χ2v) is 6.21. The minimum Gasteiger partial charge on any atom is -0.311 e. The number of hydrogen-bond donors (Lipinski definition) is 1. The molecule has 0 aliphatic heterocycles. The first-order valence-corrected chi connectivity index (χ1v) is 7.35. The van der Waals surface area contributed by atoms with Crippen LogP contribution in [0.25, 0.3) is 0 Å². The molecule has 0 unspecified atom stereocenters. The second-order valence-electron chi connectivity index (χ2n) is 6.21. The van der Waals surface area contributed by atoms with E-state index in [0.717, 1.165) is 32.6 Å². The fraction of sp³-hybridized carbons (Fsp3) is 0.800. The zero-order valence-electron chi connectivity index (χ0n) is 13.5. The maximum absolute atomic E-state index is 4.59. The van der Waals surface area contributed by atoms with Gasteiger partial charge in [0.05, 0.1) is 11.4 Å². The van der Waals surface area contributed by atoms with Gasteiger partial charge in [0.1, 0.15) is 0 Å². The summed E-state index contributed by atoms with van der Waals surface area (Å²) in [6.07, 6.45) is 1.01. The number of hydrogen-bond acceptors (Lipinski definition) is 3. The van der Waals surface area contributed by atoms with Crippen molar-refractivity contribution in [3.63, 3.8) is 0 Å². The third-order valence-corrected chi connectivity index (χ3v) is 3.16. The second kappa shape index (κ2) is 7.06. The van der Waals surface area contributed by atoms with Crippen molar-refractivity contribution in [1.82, 2.24) is 20.0 Å². The van der Waals surface area contributed by atoms with E-state index in [1.165, 1.54) is 11.4 Å². The molecular formula is C15H30N4. The number of likely N-dealkylation sites (N-methyl/N-ethyl adjacent to an activating group) is 1. The van der Waals surface area contributed by atoms with E-state index in [1.807, 2.05) is 0 Å². The van der Waals surface area contributed by atoms with Crippen molar-refractivity contribution in [2.24, 2.45) is 0 Å². The summed E-state index contributed by atoms with van der Waals surface area (Å²) in [5.74, 6) is 0. The molecule has 0 aliphatic carbocycles. The number of nitrogens with zero attached hydrogens (tertiary/aromatic N) is 3. The highest BCUT2D eigenvalue weighted by molar-refractivity contribution is 5.10. The van der Waals surface area contributed by atoms with Gasteiger partial charge in [-0.2, -0.15) is 5.10 Å². The average molecular weight is 266 g/mol. The Hall–Kier alpha value is -0.870. The molecule has 1 heterocycles. The molecule has 4 heteroatoms. The zero-order valence-corrected chi connectivity index (χ0v) is 13.5. The summed E-state index contributed by atoms with van der Waals surface area (Å²) in [4.78, 5) is 2.35. The summed E-state index contributed by atoms with van der Waals surface area (Å²) in [6.45, 7) is 14.9. The third-order valence-electron chi connectivity index (χ3n) is 3.16. The molecule has 1 aromatic rings. The summed E-state index contributed by atoms with van der Waals surface area (Å²) >= 11 is 0. The molecule has 4 nitrogen and oxygen atoms in total. The first-order valence-electron chi connectivity index (χ1n) is 7.35. The lowest BCUT2D eigenvalue weighted by Crippen LogP contribution is -2.40. The van der Waals surface area contributed by atoms with Gasteiger partial charge in [0.15, 0.2) is 0 Å². The first-order chi connectivity index (χ1) is 8.85. The van der Waals surface area contributed by atoms with Crippen molar-refractivity contribution in [3.8, 4) is 0 Å². The minimum atomic E-state index is 0.196. The van der Waals surface area contributed by atoms with Crippen LogP contribution in [0.2, 0.25) is 0 Å². The maximum atomic E-state index is 4.59. The molecule has 19 heavy (non-hydrogen) atoms. The summed E-state index contributed by atoms with van der Waals surface area (Å²) in [6, 6.07) is 2.23. The standard InChI is InChI=1S/C15H30N4/c1-7-13-11-14(19(8-2)17-13)12-18(6)10-9-16-15(3,4)5/h11,16H,7-10,12H2,1-6H3. The van der Waals surface area contributed by atoms with Crippen LogP contribution in [0.1, 0.15) is 46.0 Å². The van der Waals surface area contributed by atoms with Crippen molar-refractivity contribution in [2.75, 3.05) is 20.1 Å². The van der Waals surface area contributed by atoms with Crippen LogP contribution in [0.15, 0.2) is 6.07 Å². The Bertz CT molecular complexity index is 376. The van der Waals surface area contributed by atoms with Gasteiger partial charge in [0.2, 0.25) is 0 Å². The highest BCUT2D eigenvalue weighted by Gasteiger charge is 2.11. The fourth-order valence-electron chi connectivity index (χ4n) is 2.07. The molecule has 0 radical (unpaired) electrons. The van der Waals surface area contributed by atoms with Gasteiger partial charge in [0.25, 0.3) is 0 Å². The van der Waals surface area contributed by atoms with Gasteiger partial charge in [-0.25, -0.2) is 0 Å². The number of rotatable bonds is 7. The summed E-state index contributed by atoms with van der Waals surface area (Å²) in [7, 11) is 2.17.